The van der Waals surface area contributed by atoms with Crippen molar-refractivity contribution in [1.82, 2.24) is 15.1 Å². The van der Waals surface area contributed by atoms with E-state index in [4.69, 9.17) is 10.3 Å². The Morgan fingerprint density at radius 2 is 2.18 bits per heavy atom. The molecule has 1 aliphatic carbocycles. The summed E-state index contributed by atoms with van der Waals surface area (Å²) in [4.78, 5) is 8.67. The highest BCUT2D eigenvalue weighted by atomic mass is 16.5. The van der Waals surface area contributed by atoms with Gasteiger partial charge in [0.1, 0.15) is 5.69 Å². The number of rotatable bonds is 3. The van der Waals surface area contributed by atoms with Crippen LogP contribution in [0.2, 0.25) is 0 Å². The standard InChI is InChI=1S/C12H14N4O/c1-7-3-2-4-9(14-7)11-15-12(17-16-11)10(13)8-5-6-8/h2-4,8,10H,5-6,13H2,1H3. The van der Waals surface area contributed by atoms with E-state index in [1.54, 1.807) is 0 Å². The second-order valence-electron chi connectivity index (χ2n) is 4.48. The van der Waals surface area contributed by atoms with E-state index < -0.39 is 0 Å². The average Bonchev–Trinajstić information content (AvgIpc) is 3.05. The van der Waals surface area contributed by atoms with Crippen LogP contribution in [0, 0.1) is 12.8 Å². The third kappa shape index (κ3) is 2.06. The van der Waals surface area contributed by atoms with E-state index in [0.717, 1.165) is 24.2 Å². The van der Waals surface area contributed by atoms with Gasteiger partial charge in [-0.1, -0.05) is 11.2 Å². The number of hydrogen-bond donors (Lipinski definition) is 1. The van der Waals surface area contributed by atoms with Crippen LogP contribution >= 0.6 is 0 Å². The maximum atomic E-state index is 6.00. The van der Waals surface area contributed by atoms with Crippen molar-refractivity contribution in [2.45, 2.75) is 25.8 Å². The molecule has 0 radical (unpaired) electrons. The molecule has 0 spiro atoms. The van der Waals surface area contributed by atoms with Gasteiger partial charge in [-0.15, -0.1) is 0 Å². The summed E-state index contributed by atoms with van der Waals surface area (Å²) in [5.41, 5.74) is 7.66. The van der Waals surface area contributed by atoms with Crippen molar-refractivity contribution in [1.29, 1.82) is 0 Å². The molecule has 2 aromatic rings. The first-order chi connectivity index (χ1) is 8.24. The van der Waals surface area contributed by atoms with Crippen molar-refractivity contribution in [3.8, 4) is 11.5 Å². The molecule has 3 rings (SSSR count). The van der Waals surface area contributed by atoms with Crippen molar-refractivity contribution in [3.05, 3.63) is 29.8 Å². The van der Waals surface area contributed by atoms with Crippen LogP contribution in [0.25, 0.3) is 11.5 Å². The zero-order chi connectivity index (χ0) is 11.8. The summed E-state index contributed by atoms with van der Waals surface area (Å²) in [6.07, 6.45) is 2.31. The van der Waals surface area contributed by atoms with E-state index in [9.17, 15) is 0 Å². The fraction of sp³-hybridized carbons (Fsp3) is 0.417. The molecule has 1 saturated carbocycles. The van der Waals surface area contributed by atoms with Gasteiger partial charge in [-0.3, -0.25) is 0 Å². The lowest BCUT2D eigenvalue weighted by Gasteiger charge is -2.01. The predicted molar refractivity (Wildman–Crippen MR) is 61.9 cm³/mol. The summed E-state index contributed by atoms with van der Waals surface area (Å²) >= 11 is 0. The van der Waals surface area contributed by atoms with E-state index in [2.05, 4.69) is 15.1 Å². The highest BCUT2D eigenvalue weighted by Gasteiger charge is 2.33. The Bertz CT molecular complexity index is 533. The molecule has 88 valence electrons. The number of nitrogens with zero attached hydrogens (tertiary/aromatic N) is 3. The van der Waals surface area contributed by atoms with Crippen LogP contribution in [-0.2, 0) is 0 Å². The zero-order valence-electron chi connectivity index (χ0n) is 9.63. The fourth-order valence-corrected chi connectivity index (χ4v) is 1.80. The van der Waals surface area contributed by atoms with Gasteiger partial charge in [-0.2, -0.15) is 4.98 Å². The minimum atomic E-state index is -0.124. The van der Waals surface area contributed by atoms with Crippen molar-refractivity contribution in [2.75, 3.05) is 0 Å². The molecule has 0 aromatic carbocycles. The molecular weight excluding hydrogens is 216 g/mol. The molecule has 1 unspecified atom stereocenters. The Morgan fingerprint density at radius 3 is 2.88 bits per heavy atom. The number of aryl methyl sites for hydroxylation is 1. The van der Waals surface area contributed by atoms with E-state index in [1.165, 1.54) is 0 Å². The SMILES string of the molecule is Cc1cccc(-c2noc(C(N)C3CC3)n2)n1. The Balaban J connectivity index is 1.89. The minimum absolute atomic E-state index is 0.124. The summed E-state index contributed by atoms with van der Waals surface area (Å²) in [6, 6.07) is 5.60. The summed E-state index contributed by atoms with van der Waals surface area (Å²) in [5, 5.41) is 3.93. The van der Waals surface area contributed by atoms with Crippen molar-refractivity contribution >= 4 is 0 Å². The fourth-order valence-electron chi connectivity index (χ4n) is 1.80. The molecule has 0 amide bonds. The predicted octanol–water partition coefficient (Wildman–Crippen LogP) is 1.85. The lowest BCUT2D eigenvalue weighted by molar-refractivity contribution is 0.343. The Morgan fingerprint density at radius 1 is 1.35 bits per heavy atom. The average molecular weight is 230 g/mol. The van der Waals surface area contributed by atoms with Gasteiger partial charge < -0.3 is 10.3 Å². The lowest BCUT2D eigenvalue weighted by Crippen LogP contribution is -2.12. The van der Waals surface area contributed by atoms with Crippen LogP contribution in [0.1, 0.15) is 30.5 Å². The van der Waals surface area contributed by atoms with Crippen LogP contribution in [-0.4, -0.2) is 15.1 Å². The number of aromatic nitrogens is 3. The maximum Gasteiger partial charge on any atom is 0.244 e. The lowest BCUT2D eigenvalue weighted by atomic mass is 10.2. The van der Waals surface area contributed by atoms with Crippen molar-refractivity contribution in [3.63, 3.8) is 0 Å². The zero-order valence-corrected chi connectivity index (χ0v) is 9.63. The Kier molecular flexibility index (Phi) is 2.40. The summed E-state index contributed by atoms with van der Waals surface area (Å²) in [7, 11) is 0. The second-order valence-corrected chi connectivity index (χ2v) is 4.48. The summed E-state index contributed by atoms with van der Waals surface area (Å²) < 4.78 is 5.20. The third-order valence-electron chi connectivity index (χ3n) is 2.97. The van der Waals surface area contributed by atoms with Gasteiger partial charge in [0.15, 0.2) is 0 Å². The van der Waals surface area contributed by atoms with Crippen molar-refractivity contribution in [2.24, 2.45) is 11.7 Å². The molecule has 2 heterocycles. The summed E-state index contributed by atoms with van der Waals surface area (Å²) in [5.74, 6) is 1.54. The van der Waals surface area contributed by atoms with E-state index in [0.29, 0.717) is 17.6 Å². The molecule has 5 heteroatoms. The van der Waals surface area contributed by atoms with Gasteiger partial charge in [0.2, 0.25) is 11.7 Å². The summed E-state index contributed by atoms with van der Waals surface area (Å²) in [6.45, 7) is 1.93. The number of nitrogens with two attached hydrogens (primary N) is 1. The Hall–Kier alpha value is -1.75. The topological polar surface area (TPSA) is 77.8 Å². The molecule has 0 saturated heterocycles. The van der Waals surface area contributed by atoms with Crippen LogP contribution in [0.4, 0.5) is 0 Å². The van der Waals surface area contributed by atoms with Gasteiger partial charge in [0, 0.05) is 5.69 Å². The minimum Gasteiger partial charge on any atom is -0.337 e. The highest BCUT2D eigenvalue weighted by molar-refractivity contribution is 5.48. The second kappa shape index (κ2) is 3.92. The van der Waals surface area contributed by atoms with Gasteiger partial charge in [0.05, 0.1) is 6.04 Å². The molecule has 1 aliphatic rings. The van der Waals surface area contributed by atoms with E-state index in [-0.39, 0.29) is 6.04 Å². The molecule has 17 heavy (non-hydrogen) atoms. The molecule has 2 N–H and O–H groups in total. The van der Waals surface area contributed by atoms with Gasteiger partial charge in [-0.25, -0.2) is 4.98 Å². The van der Waals surface area contributed by atoms with Crippen molar-refractivity contribution < 1.29 is 4.52 Å². The largest absolute Gasteiger partial charge is 0.337 e. The van der Waals surface area contributed by atoms with Gasteiger partial charge in [0.25, 0.3) is 0 Å². The normalized spacial score (nSPS) is 17.1. The number of pyridine rings is 1. The molecule has 5 nitrogen and oxygen atoms in total. The van der Waals surface area contributed by atoms with Gasteiger partial charge in [-0.05, 0) is 37.8 Å². The number of hydrogen-bond acceptors (Lipinski definition) is 5. The van der Waals surface area contributed by atoms with E-state index >= 15 is 0 Å². The van der Waals surface area contributed by atoms with Crippen LogP contribution in [0.15, 0.2) is 22.7 Å². The first kappa shape index (κ1) is 10.4. The van der Waals surface area contributed by atoms with E-state index in [1.807, 2.05) is 25.1 Å². The van der Waals surface area contributed by atoms with Gasteiger partial charge >= 0.3 is 0 Å². The first-order valence-corrected chi connectivity index (χ1v) is 5.77. The molecule has 1 fully saturated rings. The quantitative estimate of drug-likeness (QED) is 0.870. The van der Waals surface area contributed by atoms with Crippen LogP contribution < -0.4 is 5.73 Å². The Labute approximate surface area is 99.1 Å². The third-order valence-corrected chi connectivity index (χ3v) is 2.97. The molecule has 2 aromatic heterocycles. The molecule has 0 aliphatic heterocycles. The first-order valence-electron chi connectivity index (χ1n) is 5.77. The monoisotopic (exact) mass is 230 g/mol. The molecular formula is C12H14N4O. The highest BCUT2D eigenvalue weighted by Crippen LogP contribution is 2.39. The van der Waals surface area contributed by atoms with Crippen LogP contribution in [0.3, 0.4) is 0 Å². The maximum absolute atomic E-state index is 6.00. The smallest absolute Gasteiger partial charge is 0.244 e. The van der Waals surface area contributed by atoms with Crippen LogP contribution in [0.5, 0.6) is 0 Å². The molecule has 1 atom stereocenters. The molecule has 0 bridgehead atoms.